The van der Waals surface area contributed by atoms with Crippen LogP contribution in [0.15, 0.2) is 18.2 Å². The summed E-state index contributed by atoms with van der Waals surface area (Å²) in [5.41, 5.74) is -0.348. The zero-order valence-corrected chi connectivity index (χ0v) is 9.59. The second-order valence-corrected chi connectivity index (χ2v) is 3.68. The molecule has 0 spiro atoms. The van der Waals surface area contributed by atoms with E-state index >= 15 is 0 Å². The van der Waals surface area contributed by atoms with Crippen molar-refractivity contribution in [2.24, 2.45) is 0 Å². The summed E-state index contributed by atoms with van der Waals surface area (Å²) in [6, 6.07) is 3.87. The van der Waals surface area contributed by atoms with Gasteiger partial charge in [-0.05, 0) is 12.1 Å². The fourth-order valence-electron chi connectivity index (χ4n) is 1.10. The van der Waals surface area contributed by atoms with Gasteiger partial charge in [0.1, 0.15) is 5.56 Å². The largest absolute Gasteiger partial charge is 0.351 e. The fraction of sp³-hybridized carbons (Fsp3) is 0.222. The summed E-state index contributed by atoms with van der Waals surface area (Å²) in [6.07, 6.45) is 0. The van der Waals surface area contributed by atoms with Crippen LogP contribution in [0.5, 0.6) is 0 Å². The summed E-state index contributed by atoms with van der Waals surface area (Å²) in [6.45, 7) is 0.250. The van der Waals surface area contributed by atoms with E-state index in [-0.39, 0.29) is 28.7 Å². The first-order valence-corrected chi connectivity index (χ1v) is 5.25. The molecule has 1 N–H and O–H groups in total. The Hall–Kier alpha value is -1.33. The molecule has 0 bridgehead atoms. The van der Waals surface area contributed by atoms with Crippen molar-refractivity contribution in [1.82, 2.24) is 5.32 Å². The molecule has 5 nitrogen and oxygen atoms in total. The highest BCUT2D eigenvalue weighted by Crippen LogP contribution is 2.22. The van der Waals surface area contributed by atoms with Gasteiger partial charge in [-0.3, -0.25) is 14.9 Å². The minimum Gasteiger partial charge on any atom is -0.351 e. The van der Waals surface area contributed by atoms with Gasteiger partial charge in [-0.2, -0.15) is 0 Å². The molecule has 1 rings (SSSR count). The number of nitro groups is 1. The van der Waals surface area contributed by atoms with Gasteiger partial charge in [0.25, 0.3) is 11.6 Å². The van der Waals surface area contributed by atoms with E-state index in [1.807, 2.05) is 0 Å². The van der Waals surface area contributed by atoms with Crippen LogP contribution in [-0.2, 0) is 0 Å². The first-order chi connectivity index (χ1) is 7.56. The van der Waals surface area contributed by atoms with Gasteiger partial charge < -0.3 is 5.32 Å². The number of carbonyl (C=O) groups excluding carboxylic acids is 1. The van der Waals surface area contributed by atoms with Crippen molar-refractivity contribution in [2.45, 2.75) is 0 Å². The molecule has 1 aromatic rings. The molecule has 1 aromatic carbocycles. The van der Waals surface area contributed by atoms with Crippen LogP contribution in [0.2, 0.25) is 5.02 Å². The number of carbonyl (C=O) groups is 1. The molecule has 0 aliphatic carbocycles. The average molecular weight is 263 g/mol. The lowest BCUT2D eigenvalue weighted by atomic mass is 10.1. The molecule has 0 saturated heterocycles. The molecule has 0 aromatic heterocycles. The minimum absolute atomic E-state index is 0.0282. The topological polar surface area (TPSA) is 72.2 Å². The molecule has 0 aliphatic rings. The number of nitro benzene ring substituents is 1. The summed E-state index contributed by atoms with van der Waals surface area (Å²) < 4.78 is 0. The predicted molar refractivity (Wildman–Crippen MR) is 61.2 cm³/mol. The van der Waals surface area contributed by atoms with Crippen LogP contribution in [-0.4, -0.2) is 23.3 Å². The van der Waals surface area contributed by atoms with E-state index in [0.29, 0.717) is 0 Å². The number of alkyl halides is 1. The summed E-state index contributed by atoms with van der Waals surface area (Å²) in [5, 5.41) is 13.3. The molecule has 1 amide bonds. The molecule has 16 heavy (non-hydrogen) atoms. The zero-order valence-electron chi connectivity index (χ0n) is 8.07. The second kappa shape index (κ2) is 5.67. The highest BCUT2D eigenvalue weighted by molar-refractivity contribution is 6.31. The van der Waals surface area contributed by atoms with Crippen LogP contribution in [0.3, 0.4) is 0 Å². The third-order valence-corrected chi connectivity index (χ3v) is 2.21. The molecule has 0 heterocycles. The van der Waals surface area contributed by atoms with Gasteiger partial charge in [0, 0.05) is 23.5 Å². The lowest BCUT2D eigenvalue weighted by Crippen LogP contribution is -2.25. The molecule has 86 valence electrons. The standard InChI is InChI=1S/C9H8Cl2N2O3/c10-3-4-12-9(14)7-2-1-6(11)5-8(7)13(15)16/h1-2,5H,3-4H2,(H,12,14). The van der Waals surface area contributed by atoms with Crippen molar-refractivity contribution in [2.75, 3.05) is 12.4 Å². The summed E-state index contributed by atoms with van der Waals surface area (Å²) >= 11 is 11.0. The van der Waals surface area contributed by atoms with Crippen LogP contribution in [0.25, 0.3) is 0 Å². The van der Waals surface area contributed by atoms with E-state index < -0.39 is 10.8 Å². The Bertz CT molecular complexity index is 423. The van der Waals surface area contributed by atoms with Gasteiger partial charge in [0.2, 0.25) is 0 Å². The SMILES string of the molecule is O=C(NCCCl)c1ccc(Cl)cc1[N+](=O)[O-]. The van der Waals surface area contributed by atoms with Gasteiger partial charge in [0.05, 0.1) is 4.92 Å². The maximum Gasteiger partial charge on any atom is 0.283 e. The molecular formula is C9H8Cl2N2O3. The molecule has 0 fully saturated rings. The van der Waals surface area contributed by atoms with Gasteiger partial charge in [-0.15, -0.1) is 11.6 Å². The first-order valence-electron chi connectivity index (χ1n) is 4.34. The lowest BCUT2D eigenvalue weighted by Gasteiger charge is -2.04. The molecule has 0 radical (unpaired) electrons. The highest BCUT2D eigenvalue weighted by atomic mass is 35.5. The lowest BCUT2D eigenvalue weighted by molar-refractivity contribution is -0.385. The molecule has 7 heteroatoms. The summed E-state index contributed by atoms with van der Waals surface area (Å²) in [4.78, 5) is 21.6. The molecule has 0 atom stereocenters. The Morgan fingerprint density at radius 1 is 1.50 bits per heavy atom. The van der Waals surface area contributed by atoms with E-state index in [1.54, 1.807) is 0 Å². The van der Waals surface area contributed by atoms with E-state index in [4.69, 9.17) is 23.2 Å². The third-order valence-electron chi connectivity index (χ3n) is 1.78. The van der Waals surface area contributed by atoms with E-state index in [0.717, 1.165) is 6.07 Å². The zero-order chi connectivity index (χ0) is 12.1. The number of hydrogen-bond acceptors (Lipinski definition) is 3. The van der Waals surface area contributed by atoms with Crippen LogP contribution in [0.4, 0.5) is 5.69 Å². The van der Waals surface area contributed by atoms with Crippen molar-refractivity contribution in [1.29, 1.82) is 0 Å². The number of benzene rings is 1. The third kappa shape index (κ3) is 3.08. The summed E-state index contributed by atoms with van der Waals surface area (Å²) in [7, 11) is 0. The maximum atomic E-state index is 11.5. The van der Waals surface area contributed by atoms with Crippen molar-refractivity contribution in [3.8, 4) is 0 Å². The Balaban J connectivity index is 3.03. The summed E-state index contributed by atoms with van der Waals surface area (Å²) in [5.74, 6) is -0.295. The Kier molecular flexibility index (Phi) is 4.52. The smallest absolute Gasteiger partial charge is 0.283 e. The number of nitrogens with zero attached hydrogens (tertiary/aromatic N) is 1. The molecule has 0 aliphatic heterocycles. The Morgan fingerprint density at radius 2 is 2.19 bits per heavy atom. The fourth-order valence-corrected chi connectivity index (χ4v) is 1.36. The minimum atomic E-state index is -0.651. The van der Waals surface area contributed by atoms with Crippen LogP contribution < -0.4 is 5.32 Å². The average Bonchev–Trinajstić information content (AvgIpc) is 2.25. The monoisotopic (exact) mass is 262 g/mol. The molecule has 0 saturated carbocycles. The van der Waals surface area contributed by atoms with Gasteiger partial charge in [-0.1, -0.05) is 11.6 Å². The van der Waals surface area contributed by atoms with Crippen molar-refractivity contribution in [3.05, 3.63) is 38.9 Å². The molecular weight excluding hydrogens is 255 g/mol. The van der Waals surface area contributed by atoms with Crippen molar-refractivity contribution >= 4 is 34.8 Å². The predicted octanol–water partition coefficient (Wildman–Crippen LogP) is 2.22. The van der Waals surface area contributed by atoms with Crippen molar-refractivity contribution in [3.63, 3.8) is 0 Å². The number of nitrogens with one attached hydrogen (secondary N) is 1. The van der Waals surface area contributed by atoms with Crippen LogP contribution in [0, 0.1) is 10.1 Å². The van der Waals surface area contributed by atoms with Gasteiger partial charge >= 0.3 is 0 Å². The first kappa shape index (κ1) is 12.7. The van der Waals surface area contributed by atoms with Crippen LogP contribution in [0.1, 0.15) is 10.4 Å². The van der Waals surface area contributed by atoms with E-state index in [2.05, 4.69) is 5.32 Å². The highest BCUT2D eigenvalue weighted by Gasteiger charge is 2.19. The van der Waals surface area contributed by atoms with Gasteiger partial charge in [0.15, 0.2) is 0 Å². The Morgan fingerprint density at radius 3 is 2.75 bits per heavy atom. The number of hydrogen-bond donors (Lipinski definition) is 1. The number of halogens is 2. The quantitative estimate of drug-likeness (QED) is 0.514. The second-order valence-electron chi connectivity index (χ2n) is 2.86. The maximum absolute atomic E-state index is 11.5. The van der Waals surface area contributed by atoms with E-state index in [1.165, 1.54) is 12.1 Å². The Labute approximate surface area is 101 Å². The van der Waals surface area contributed by atoms with E-state index in [9.17, 15) is 14.9 Å². The van der Waals surface area contributed by atoms with Gasteiger partial charge in [-0.25, -0.2) is 0 Å². The number of amides is 1. The normalized spacial score (nSPS) is 9.88. The molecule has 0 unspecified atom stereocenters. The van der Waals surface area contributed by atoms with Crippen molar-refractivity contribution < 1.29 is 9.72 Å². The number of rotatable bonds is 4. The van der Waals surface area contributed by atoms with Crippen LogP contribution >= 0.6 is 23.2 Å².